The molecule has 1 aliphatic rings. The molecule has 1 aromatic carbocycles. The number of hydrogen-bond acceptors (Lipinski definition) is 5. The van der Waals surface area contributed by atoms with Crippen LogP contribution in [0.3, 0.4) is 0 Å². The SMILES string of the molecule is N#C[C@@H](Cc1ccccc1)Sc1nnc(Cc2cccs2)n1C1CCCCC1. The van der Waals surface area contributed by atoms with Gasteiger partial charge in [0.05, 0.1) is 6.07 Å². The van der Waals surface area contributed by atoms with E-state index in [0.29, 0.717) is 6.04 Å². The summed E-state index contributed by atoms with van der Waals surface area (Å²) in [6.45, 7) is 0. The third-order valence-corrected chi connectivity index (χ3v) is 7.17. The lowest BCUT2D eigenvalue weighted by Crippen LogP contribution is -2.17. The second-order valence-corrected chi connectivity index (χ2v) is 9.44. The van der Waals surface area contributed by atoms with Crippen LogP contribution in [0.25, 0.3) is 0 Å². The minimum Gasteiger partial charge on any atom is -0.303 e. The van der Waals surface area contributed by atoms with Crippen LogP contribution in [0, 0.1) is 11.3 Å². The lowest BCUT2D eigenvalue weighted by atomic mass is 9.95. The Hall–Kier alpha value is -2.10. The zero-order chi connectivity index (χ0) is 19.2. The predicted molar refractivity (Wildman–Crippen MR) is 115 cm³/mol. The summed E-state index contributed by atoms with van der Waals surface area (Å²) in [5.41, 5.74) is 1.18. The van der Waals surface area contributed by atoms with Gasteiger partial charge in [-0.05, 0) is 36.3 Å². The zero-order valence-electron chi connectivity index (χ0n) is 15.8. The lowest BCUT2D eigenvalue weighted by Gasteiger charge is -2.26. The lowest BCUT2D eigenvalue weighted by molar-refractivity contribution is 0.330. The molecule has 0 saturated heterocycles. The van der Waals surface area contributed by atoms with E-state index in [1.165, 1.54) is 42.5 Å². The van der Waals surface area contributed by atoms with Gasteiger partial charge in [0.15, 0.2) is 5.16 Å². The third kappa shape index (κ3) is 4.65. The monoisotopic (exact) mass is 408 g/mol. The molecule has 0 aliphatic heterocycles. The molecule has 0 N–H and O–H groups in total. The Balaban J connectivity index is 1.58. The van der Waals surface area contributed by atoms with Crippen molar-refractivity contribution in [2.45, 2.75) is 61.4 Å². The van der Waals surface area contributed by atoms with Gasteiger partial charge in [0, 0.05) is 17.3 Å². The summed E-state index contributed by atoms with van der Waals surface area (Å²) >= 11 is 3.33. The van der Waals surface area contributed by atoms with Gasteiger partial charge in [0.2, 0.25) is 0 Å². The molecule has 0 spiro atoms. The maximum Gasteiger partial charge on any atom is 0.192 e. The molecular formula is C22H24N4S2. The summed E-state index contributed by atoms with van der Waals surface area (Å²) in [6.07, 6.45) is 7.74. The number of nitrogens with zero attached hydrogens (tertiary/aromatic N) is 4. The molecule has 3 aromatic rings. The molecule has 28 heavy (non-hydrogen) atoms. The van der Waals surface area contributed by atoms with E-state index in [1.54, 1.807) is 23.1 Å². The van der Waals surface area contributed by atoms with Crippen LogP contribution in [0.4, 0.5) is 0 Å². The van der Waals surface area contributed by atoms with Gasteiger partial charge >= 0.3 is 0 Å². The van der Waals surface area contributed by atoms with Crippen molar-refractivity contribution in [1.82, 2.24) is 14.8 Å². The molecule has 2 heterocycles. The first-order chi connectivity index (χ1) is 13.8. The number of hydrogen-bond donors (Lipinski definition) is 0. The summed E-state index contributed by atoms with van der Waals surface area (Å²) in [7, 11) is 0. The fourth-order valence-electron chi connectivity index (χ4n) is 3.85. The van der Waals surface area contributed by atoms with Gasteiger partial charge in [-0.15, -0.1) is 21.5 Å². The van der Waals surface area contributed by atoms with E-state index < -0.39 is 0 Å². The average molecular weight is 409 g/mol. The molecule has 1 saturated carbocycles. The highest BCUT2D eigenvalue weighted by Gasteiger charge is 2.25. The maximum absolute atomic E-state index is 9.74. The third-order valence-electron chi connectivity index (χ3n) is 5.24. The molecule has 4 nitrogen and oxygen atoms in total. The Morgan fingerprint density at radius 3 is 2.64 bits per heavy atom. The van der Waals surface area contributed by atoms with Gasteiger partial charge < -0.3 is 4.57 Å². The number of rotatable bonds is 7. The standard InChI is InChI=1S/C22H24N4S2/c23-16-20(14-17-8-3-1-4-9-17)28-22-25-24-21(15-19-12-7-13-27-19)26(22)18-10-5-2-6-11-18/h1,3-4,7-9,12-13,18,20H,2,5-6,10-11,14-15H2/t20-/m1/s1. The van der Waals surface area contributed by atoms with Crippen LogP contribution in [0.1, 0.15) is 54.4 Å². The molecule has 144 valence electrons. The number of nitriles is 1. The summed E-state index contributed by atoms with van der Waals surface area (Å²) < 4.78 is 2.35. The Bertz CT molecular complexity index is 906. The van der Waals surface area contributed by atoms with Crippen LogP contribution >= 0.6 is 23.1 Å². The van der Waals surface area contributed by atoms with Gasteiger partial charge in [-0.3, -0.25) is 0 Å². The van der Waals surface area contributed by atoms with Crippen molar-refractivity contribution in [3.63, 3.8) is 0 Å². The van der Waals surface area contributed by atoms with Gasteiger partial charge in [-0.25, -0.2) is 0 Å². The van der Waals surface area contributed by atoms with E-state index in [-0.39, 0.29) is 5.25 Å². The molecule has 1 fully saturated rings. The largest absolute Gasteiger partial charge is 0.303 e. The van der Waals surface area contributed by atoms with E-state index in [4.69, 9.17) is 0 Å². The fourth-order valence-corrected chi connectivity index (χ4v) is 5.59. The number of thioether (sulfide) groups is 1. The van der Waals surface area contributed by atoms with Gasteiger partial charge in [-0.1, -0.05) is 67.4 Å². The Kier molecular flexibility index (Phi) is 6.45. The topological polar surface area (TPSA) is 54.5 Å². The van der Waals surface area contributed by atoms with Crippen molar-refractivity contribution in [2.24, 2.45) is 0 Å². The van der Waals surface area contributed by atoms with Gasteiger partial charge in [0.1, 0.15) is 11.1 Å². The summed E-state index contributed by atoms with van der Waals surface area (Å²) in [6, 6.07) is 17.4. The summed E-state index contributed by atoms with van der Waals surface area (Å²) in [5.74, 6) is 1.04. The molecule has 0 unspecified atom stereocenters. The van der Waals surface area contributed by atoms with Crippen LogP contribution in [-0.2, 0) is 12.8 Å². The minimum atomic E-state index is -0.163. The first kappa shape index (κ1) is 19.2. The van der Waals surface area contributed by atoms with Crippen LogP contribution in [0.2, 0.25) is 0 Å². The van der Waals surface area contributed by atoms with E-state index in [2.05, 4.69) is 50.5 Å². The Morgan fingerprint density at radius 2 is 1.93 bits per heavy atom. The van der Waals surface area contributed by atoms with Crippen LogP contribution in [0.15, 0.2) is 53.0 Å². The molecule has 0 amide bonds. The molecule has 0 bridgehead atoms. The fraction of sp³-hybridized carbons (Fsp3) is 0.409. The second-order valence-electron chi connectivity index (χ2n) is 7.24. The first-order valence-corrected chi connectivity index (χ1v) is 11.7. The number of thiophene rings is 1. The van der Waals surface area contributed by atoms with Gasteiger partial charge in [-0.2, -0.15) is 5.26 Å². The number of benzene rings is 1. The van der Waals surface area contributed by atoms with Gasteiger partial charge in [0.25, 0.3) is 0 Å². The summed E-state index contributed by atoms with van der Waals surface area (Å²) in [4.78, 5) is 1.31. The summed E-state index contributed by atoms with van der Waals surface area (Å²) in [5, 5.41) is 21.7. The Morgan fingerprint density at radius 1 is 1.11 bits per heavy atom. The van der Waals surface area contributed by atoms with E-state index in [0.717, 1.165) is 23.8 Å². The van der Waals surface area contributed by atoms with Crippen LogP contribution in [0.5, 0.6) is 0 Å². The van der Waals surface area contributed by atoms with Crippen molar-refractivity contribution < 1.29 is 0 Å². The van der Waals surface area contributed by atoms with Crippen LogP contribution < -0.4 is 0 Å². The van der Waals surface area contributed by atoms with Crippen molar-refractivity contribution in [1.29, 1.82) is 5.26 Å². The first-order valence-electron chi connectivity index (χ1n) is 9.90. The smallest absolute Gasteiger partial charge is 0.192 e. The van der Waals surface area contributed by atoms with E-state index in [9.17, 15) is 5.26 Å². The second kappa shape index (κ2) is 9.40. The van der Waals surface area contributed by atoms with E-state index >= 15 is 0 Å². The van der Waals surface area contributed by atoms with Crippen molar-refractivity contribution >= 4 is 23.1 Å². The quantitative estimate of drug-likeness (QED) is 0.473. The molecule has 0 radical (unpaired) electrons. The maximum atomic E-state index is 9.74. The van der Waals surface area contributed by atoms with Crippen molar-refractivity contribution in [3.8, 4) is 6.07 Å². The molecule has 2 aromatic heterocycles. The Labute approximate surface area is 174 Å². The van der Waals surface area contributed by atoms with Crippen LogP contribution in [-0.4, -0.2) is 20.0 Å². The molecule has 1 aliphatic carbocycles. The zero-order valence-corrected chi connectivity index (χ0v) is 17.5. The molecular weight excluding hydrogens is 384 g/mol. The average Bonchev–Trinajstić information content (AvgIpc) is 3.39. The van der Waals surface area contributed by atoms with Crippen molar-refractivity contribution in [2.75, 3.05) is 0 Å². The minimum absolute atomic E-state index is 0.163. The highest BCUT2D eigenvalue weighted by molar-refractivity contribution is 8.00. The molecule has 4 rings (SSSR count). The highest BCUT2D eigenvalue weighted by atomic mass is 32.2. The normalized spacial score (nSPS) is 16.0. The molecule has 1 atom stereocenters. The predicted octanol–water partition coefficient (Wildman–Crippen LogP) is 5.66. The van der Waals surface area contributed by atoms with E-state index in [1.807, 2.05) is 18.2 Å². The number of aromatic nitrogens is 3. The van der Waals surface area contributed by atoms with Crippen molar-refractivity contribution in [3.05, 3.63) is 64.1 Å². The molecule has 6 heteroatoms. The highest BCUT2D eigenvalue weighted by Crippen LogP contribution is 2.35.